The molecular formula is C11H13N3O6. The van der Waals surface area contributed by atoms with Crippen molar-refractivity contribution in [2.75, 3.05) is 13.2 Å². The third kappa shape index (κ3) is 1.70. The molecule has 9 nitrogen and oxygen atoms in total. The normalized spacial score (nSPS) is 30.7. The van der Waals surface area contributed by atoms with Crippen LogP contribution in [0.3, 0.4) is 0 Å². The van der Waals surface area contributed by atoms with Gasteiger partial charge in [0.1, 0.15) is 12.6 Å². The lowest BCUT2D eigenvalue weighted by atomic mass is 9.79. The van der Waals surface area contributed by atoms with E-state index in [4.69, 9.17) is 20.3 Å². The number of β-lactam (4-membered cyclic amide) rings is 1. The fraction of sp³-hybridized carbons (Fsp3) is 0.545. The predicted molar refractivity (Wildman–Crippen MR) is 62.2 cm³/mol. The van der Waals surface area contributed by atoms with E-state index in [1.54, 1.807) is 0 Å². The molecule has 0 saturated carbocycles. The molecule has 9 heteroatoms. The van der Waals surface area contributed by atoms with E-state index in [0.29, 0.717) is 18.5 Å². The molecule has 0 aromatic carbocycles. The Kier molecular flexibility index (Phi) is 2.78. The first-order valence-corrected chi connectivity index (χ1v) is 6.13. The molecule has 3 heterocycles. The largest absolute Gasteiger partial charge is 0.512 e. The van der Waals surface area contributed by atoms with Crippen LogP contribution < -0.4 is 11.1 Å². The summed E-state index contributed by atoms with van der Waals surface area (Å²) in [4.78, 5) is 34.8. The lowest BCUT2D eigenvalue weighted by Gasteiger charge is -2.48. The second-order valence-electron chi connectivity index (χ2n) is 4.83. The summed E-state index contributed by atoms with van der Waals surface area (Å²) in [5.74, 6) is -0.351. The number of carboxylic acid groups (broad SMARTS) is 1. The summed E-state index contributed by atoms with van der Waals surface area (Å²) >= 11 is 0. The number of hydrogen-bond acceptors (Lipinski definition) is 6. The molecule has 3 rings (SSSR count). The number of rotatable bonds is 3. The molecule has 0 aliphatic carbocycles. The lowest BCUT2D eigenvalue weighted by Crippen LogP contribution is -2.71. The topological polar surface area (TPSA) is 131 Å². The van der Waals surface area contributed by atoms with E-state index in [0.717, 1.165) is 0 Å². The number of ether oxygens (including phenoxy) is 2. The van der Waals surface area contributed by atoms with E-state index in [-0.39, 0.29) is 36.4 Å². The molecule has 2 fully saturated rings. The monoisotopic (exact) mass is 283 g/mol. The van der Waals surface area contributed by atoms with Gasteiger partial charge in [-0.1, -0.05) is 0 Å². The highest BCUT2D eigenvalue weighted by atomic mass is 16.7. The number of nitrogens with one attached hydrogen (secondary N) is 1. The standard InChI is InChI=1S/C11H13N3O6/c12-10(16)19-3-5-4-1-2-13-6-7(4)14(8(6)15)9(5)20-11(17)18/h4,6-7,13H,1-3H2,(H2,12,16)(H,17,18)/t4?,6-,7+/m0/s1. The van der Waals surface area contributed by atoms with Crippen molar-refractivity contribution in [3.8, 4) is 0 Å². The molecule has 2 amide bonds. The molecule has 20 heavy (non-hydrogen) atoms. The Morgan fingerprint density at radius 2 is 2.25 bits per heavy atom. The molecule has 2 saturated heterocycles. The third-order valence-electron chi connectivity index (χ3n) is 3.87. The first kappa shape index (κ1) is 12.7. The minimum absolute atomic E-state index is 0.0429. The number of hydrogen-bond donors (Lipinski definition) is 3. The van der Waals surface area contributed by atoms with Crippen LogP contribution in [0.1, 0.15) is 6.42 Å². The molecule has 3 atom stereocenters. The number of amides is 2. The van der Waals surface area contributed by atoms with Crippen LogP contribution in [0.25, 0.3) is 0 Å². The molecule has 4 N–H and O–H groups in total. The van der Waals surface area contributed by atoms with Crippen molar-refractivity contribution in [1.82, 2.24) is 10.2 Å². The Balaban J connectivity index is 1.91. The summed E-state index contributed by atoms with van der Waals surface area (Å²) in [5.41, 5.74) is 5.42. The minimum atomic E-state index is -1.51. The van der Waals surface area contributed by atoms with Crippen molar-refractivity contribution >= 4 is 18.2 Å². The molecule has 0 bridgehead atoms. The predicted octanol–water partition coefficient (Wildman–Crippen LogP) is -0.810. The van der Waals surface area contributed by atoms with Gasteiger partial charge in [-0.05, 0) is 13.0 Å². The molecule has 1 unspecified atom stereocenters. The van der Waals surface area contributed by atoms with Gasteiger partial charge in [-0.15, -0.1) is 0 Å². The summed E-state index contributed by atoms with van der Waals surface area (Å²) in [6.07, 6.45) is -1.77. The van der Waals surface area contributed by atoms with Gasteiger partial charge in [-0.2, -0.15) is 0 Å². The number of carbonyl (C=O) groups excluding carboxylic acids is 2. The number of carbonyl (C=O) groups is 3. The molecule has 0 aromatic heterocycles. The van der Waals surface area contributed by atoms with Crippen LogP contribution in [0.4, 0.5) is 9.59 Å². The molecule has 3 aliphatic heterocycles. The molecular weight excluding hydrogens is 270 g/mol. The Morgan fingerprint density at radius 3 is 2.90 bits per heavy atom. The Hall–Kier alpha value is -2.29. The van der Waals surface area contributed by atoms with Crippen molar-refractivity contribution in [3.63, 3.8) is 0 Å². The van der Waals surface area contributed by atoms with E-state index >= 15 is 0 Å². The third-order valence-corrected chi connectivity index (χ3v) is 3.87. The zero-order chi connectivity index (χ0) is 14.4. The van der Waals surface area contributed by atoms with E-state index in [1.165, 1.54) is 4.90 Å². The Morgan fingerprint density at radius 1 is 1.50 bits per heavy atom. The van der Waals surface area contributed by atoms with Gasteiger partial charge in [0.05, 0.1) is 6.04 Å². The number of primary amides is 1. The van der Waals surface area contributed by atoms with Gasteiger partial charge in [-0.25, -0.2) is 9.59 Å². The zero-order valence-corrected chi connectivity index (χ0v) is 10.4. The second kappa shape index (κ2) is 4.37. The highest BCUT2D eigenvalue weighted by Gasteiger charge is 2.61. The summed E-state index contributed by atoms with van der Waals surface area (Å²) in [7, 11) is 0. The van der Waals surface area contributed by atoms with Gasteiger partial charge in [0, 0.05) is 11.5 Å². The second-order valence-corrected chi connectivity index (χ2v) is 4.83. The number of nitrogens with two attached hydrogens (primary N) is 1. The van der Waals surface area contributed by atoms with Crippen LogP contribution in [-0.2, 0) is 14.3 Å². The van der Waals surface area contributed by atoms with Crippen molar-refractivity contribution in [1.29, 1.82) is 0 Å². The number of piperidine rings is 1. The smallest absolute Gasteiger partial charge is 0.449 e. The van der Waals surface area contributed by atoms with E-state index in [2.05, 4.69) is 5.32 Å². The highest BCUT2D eigenvalue weighted by molar-refractivity contribution is 5.93. The highest BCUT2D eigenvalue weighted by Crippen LogP contribution is 2.46. The first-order chi connectivity index (χ1) is 9.50. The van der Waals surface area contributed by atoms with Crippen LogP contribution in [0.5, 0.6) is 0 Å². The molecule has 0 spiro atoms. The quantitative estimate of drug-likeness (QED) is 0.456. The van der Waals surface area contributed by atoms with Gasteiger partial charge in [0.25, 0.3) is 0 Å². The van der Waals surface area contributed by atoms with E-state index in [1.807, 2.05) is 0 Å². The van der Waals surface area contributed by atoms with Crippen LogP contribution in [-0.4, -0.2) is 53.4 Å². The van der Waals surface area contributed by atoms with Crippen LogP contribution >= 0.6 is 0 Å². The van der Waals surface area contributed by atoms with E-state index in [9.17, 15) is 14.4 Å². The fourth-order valence-electron chi connectivity index (χ4n) is 3.14. The lowest BCUT2D eigenvalue weighted by molar-refractivity contribution is -0.152. The SMILES string of the molecule is NC(=O)OCC1=C(OC(=O)O)N2C(=O)[C@H]3NCCC1[C@H]32. The molecule has 3 aliphatic rings. The summed E-state index contributed by atoms with van der Waals surface area (Å²) in [6, 6.07) is -0.496. The summed E-state index contributed by atoms with van der Waals surface area (Å²) < 4.78 is 9.45. The first-order valence-electron chi connectivity index (χ1n) is 6.13. The fourth-order valence-corrected chi connectivity index (χ4v) is 3.14. The average Bonchev–Trinajstić information content (AvgIpc) is 2.66. The maximum atomic E-state index is 12.0. The average molecular weight is 283 g/mol. The Bertz CT molecular complexity index is 530. The van der Waals surface area contributed by atoms with Crippen molar-refractivity contribution < 1.29 is 29.0 Å². The summed E-state index contributed by atoms with van der Waals surface area (Å²) in [6.45, 7) is 0.460. The van der Waals surface area contributed by atoms with Crippen molar-refractivity contribution in [2.45, 2.75) is 18.5 Å². The minimum Gasteiger partial charge on any atom is -0.449 e. The maximum Gasteiger partial charge on any atom is 0.512 e. The van der Waals surface area contributed by atoms with Crippen molar-refractivity contribution in [3.05, 3.63) is 11.5 Å². The van der Waals surface area contributed by atoms with Gasteiger partial charge >= 0.3 is 12.2 Å². The molecule has 0 aromatic rings. The van der Waals surface area contributed by atoms with Gasteiger partial charge in [0.2, 0.25) is 11.8 Å². The zero-order valence-electron chi connectivity index (χ0n) is 10.4. The maximum absolute atomic E-state index is 12.0. The van der Waals surface area contributed by atoms with Crippen LogP contribution in [0.2, 0.25) is 0 Å². The number of nitrogens with zero attached hydrogens (tertiary/aromatic N) is 1. The van der Waals surface area contributed by atoms with Crippen LogP contribution in [0, 0.1) is 5.92 Å². The van der Waals surface area contributed by atoms with Crippen LogP contribution in [0.15, 0.2) is 11.5 Å². The summed E-state index contributed by atoms with van der Waals surface area (Å²) in [5, 5.41) is 11.9. The molecule has 108 valence electrons. The van der Waals surface area contributed by atoms with Gasteiger partial charge < -0.3 is 25.6 Å². The Labute approximate surface area is 113 Å². The van der Waals surface area contributed by atoms with Crippen molar-refractivity contribution in [2.24, 2.45) is 11.7 Å². The van der Waals surface area contributed by atoms with E-state index < -0.39 is 12.2 Å². The van der Waals surface area contributed by atoms with Gasteiger partial charge in [0.15, 0.2) is 0 Å². The van der Waals surface area contributed by atoms with Gasteiger partial charge in [-0.3, -0.25) is 9.69 Å². The molecule has 0 radical (unpaired) electrons.